The van der Waals surface area contributed by atoms with Gasteiger partial charge in [0.25, 0.3) is 0 Å². The molecular formula is C16H29NO. The second-order valence-electron chi connectivity index (χ2n) is 7.68. The fourth-order valence-electron chi connectivity index (χ4n) is 4.78. The summed E-state index contributed by atoms with van der Waals surface area (Å²) in [6, 6.07) is 1.24. The molecule has 104 valence electrons. The van der Waals surface area contributed by atoms with Crippen LogP contribution in [0.3, 0.4) is 0 Å². The Morgan fingerprint density at radius 2 is 1.78 bits per heavy atom. The van der Waals surface area contributed by atoms with Gasteiger partial charge in [0, 0.05) is 12.1 Å². The zero-order valence-corrected chi connectivity index (χ0v) is 12.1. The fourth-order valence-corrected chi connectivity index (χ4v) is 4.78. The molecule has 3 fully saturated rings. The van der Waals surface area contributed by atoms with E-state index in [1.807, 2.05) is 0 Å². The maximum absolute atomic E-state index is 10.4. The number of rotatable bonds is 1. The number of hydrogen-bond donors (Lipinski definition) is 1. The number of hydrogen-bond acceptors (Lipinski definition) is 2. The first kappa shape index (κ1) is 12.9. The lowest BCUT2D eigenvalue weighted by Crippen LogP contribution is -2.55. The monoisotopic (exact) mass is 251 g/mol. The molecule has 2 heteroatoms. The second-order valence-corrected chi connectivity index (χ2v) is 7.68. The summed E-state index contributed by atoms with van der Waals surface area (Å²) >= 11 is 0. The Morgan fingerprint density at radius 1 is 1.00 bits per heavy atom. The molecule has 0 aromatic rings. The largest absolute Gasteiger partial charge is 0.391 e. The molecule has 4 unspecified atom stereocenters. The average molecular weight is 251 g/mol. The van der Waals surface area contributed by atoms with Crippen LogP contribution in [0.15, 0.2) is 0 Å². The first-order chi connectivity index (χ1) is 8.57. The summed E-state index contributed by atoms with van der Waals surface area (Å²) in [5.41, 5.74) is 0.426. The van der Waals surface area contributed by atoms with Crippen LogP contribution in [0.25, 0.3) is 0 Å². The number of aliphatic hydroxyl groups excluding tert-OH is 1. The van der Waals surface area contributed by atoms with E-state index in [4.69, 9.17) is 0 Å². The number of nitrogens with zero attached hydrogens (tertiary/aromatic N) is 1. The van der Waals surface area contributed by atoms with Crippen LogP contribution in [0.4, 0.5) is 0 Å². The SMILES string of the molecule is CC1(C)CCC(O)C(N2CCCC3CCCC32)C1. The number of piperidine rings is 1. The van der Waals surface area contributed by atoms with Crippen molar-refractivity contribution in [1.82, 2.24) is 4.90 Å². The molecule has 4 atom stereocenters. The van der Waals surface area contributed by atoms with E-state index in [1.165, 1.54) is 51.5 Å². The summed E-state index contributed by atoms with van der Waals surface area (Å²) in [5.74, 6) is 0.941. The summed E-state index contributed by atoms with van der Waals surface area (Å²) in [4.78, 5) is 2.72. The highest BCUT2D eigenvalue weighted by Crippen LogP contribution is 2.43. The molecule has 0 spiro atoms. The molecule has 1 heterocycles. The number of likely N-dealkylation sites (tertiary alicyclic amines) is 1. The molecule has 1 saturated heterocycles. The Hall–Kier alpha value is -0.0800. The van der Waals surface area contributed by atoms with Crippen LogP contribution in [0.2, 0.25) is 0 Å². The fraction of sp³-hybridized carbons (Fsp3) is 1.00. The van der Waals surface area contributed by atoms with Crippen LogP contribution < -0.4 is 0 Å². The van der Waals surface area contributed by atoms with E-state index in [9.17, 15) is 5.11 Å². The van der Waals surface area contributed by atoms with Crippen LogP contribution in [-0.2, 0) is 0 Å². The third kappa shape index (κ3) is 2.34. The molecule has 2 saturated carbocycles. The van der Waals surface area contributed by atoms with Crippen molar-refractivity contribution in [2.75, 3.05) is 6.54 Å². The van der Waals surface area contributed by atoms with Gasteiger partial charge in [0.2, 0.25) is 0 Å². The first-order valence-corrected chi connectivity index (χ1v) is 8.01. The highest BCUT2D eigenvalue weighted by molar-refractivity contribution is 4.97. The highest BCUT2D eigenvalue weighted by atomic mass is 16.3. The molecule has 18 heavy (non-hydrogen) atoms. The van der Waals surface area contributed by atoms with E-state index in [0.29, 0.717) is 11.5 Å². The van der Waals surface area contributed by atoms with Gasteiger partial charge in [-0.2, -0.15) is 0 Å². The quantitative estimate of drug-likeness (QED) is 0.773. The summed E-state index contributed by atoms with van der Waals surface area (Å²) < 4.78 is 0. The molecule has 0 bridgehead atoms. The van der Waals surface area contributed by atoms with Crippen molar-refractivity contribution in [1.29, 1.82) is 0 Å². The van der Waals surface area contributed by atoms with Crippen molar-refractivity contribution in [3.05, 3.63) is 0 Å². The van der Waals surface area contributed by atoms with Crippen molar-refractivity contribution in [2.24, 2.45) is 11.3 Å². The Morgan fingerprint density at radius 3 is 2.61 bits per heavy atom. The molecule has 3 aliphatic rings. The maximum Gasteiger partial charge on any atom is 0.0695 e. The van der Waals surface area contributed by atoms with Crippen LogP contribution >= 0.6 is 0 Å². The molecule has 2 nitrogen and oxygen atoms in total. The van der Waals surface area contributed by atoms with Gasteiger partial charge in [-0.1, -0.05) is 20.3 Å². The highest BCUT2D eigenvalue weighted by Gasteiger charge is 2.43. The summed E-state index contributed by atoms with van der Waals surface area (Å²) in [5, 5.41) is 10.4. The van der Waals surface area contributed by atoms with Crippen LogP contribution in [0.5, 0.6) is 0 Å². The number of fused-ring (bicyclic) bond motifs is 1. The number of aliphatic hydroxyl groups is 1. The maximum atomic E-state index is 10.4. The minimum atomic E-state index is -0.0719. The van der Waals surface area contributed by atoms with Crippen molar-refractivity contribution in [2.45, 2.75) is 83.4 Å². The zero-order valence-electron chi connectivity index (χ0n) is 12.1. The minimum Gasteiger partial charge on any atom is -0.391 e. The summed E-state index contributed by atoms with van der Waals surface area (Å²) in [6.07, 6.45) is 10.3. The molecule has 0 amide bonds. The van der Waals surface area contributed by atoms with Gasteiger partial charge in [-0.05, 0) is 62.8 Å². The van der Waals surface area contributed by atoms with Gasteiger partial charge in [-0.3, -0.25) is 4.90 Å². The predicted octanol–water partition coefficient (Wildman–Crippen LogP) is 3.19. The lowest BCUT2D eigenvalue weighted by atomic mass is 9.72. The van der Waals surface area contributed by atoms with Crippen LogP contribution in [0.1, 0.15) is 65.2 Å². The molecule has 0 radical (unpaired) electrons. The molecule has 3 rings (SSSR count). The lowest BCUT2D eigenvalue weighted by Gasteiger charge is -2.49. The van der Waals surface area contributed by atoms with E-state index in [1.54, 1.807) is 0 Å². The normalized spacial score (nSPS) is 44.8. The van der Waals surface area contributed by atoms with Crippen molar-refractivity contribution >= 4 is 0 Å². The standard InChI is InChI=1S/C16H29NO/c1-16(2)9-8-15(18)14(11-16)17-10-4-6-12-5-3-7-13(12)17/h12-15,18H,3-11H2,1-2H3. The van der Waals surface area contributed by atoms with Gasteiger partial charge in [0.05, 0.1) is 6.10 Å². The average Bonchev–Trinajstić information content (AvgIpc) is 2.80. The Kier molecular flexibility index (Phi) is 3.44. The van der Waals surface area contributed by atoms with E-state index < -0.39 is 0 Å². The van der Waals surface area contributed by atoms with E-state index >= 15 is 0 Å². The van der Waals surface area contributed by atoms with E-state index in [2.05, 4.69) is 18.7 Å². The minimum absolute atomic E-state index is 0.0719. The van der Waals surface area contributed by atoms with E-state index in [0.717, 1.165) is 18.4 Å². The van der Waals surface area contributed by atoms with Crippen molar-refractivity contribution in [3.8, 4) is 0 Å². The smallest absolute Gasteiger partial charge is 0.0695 e. The molecular weight excluding hydrogens is 222 g/mol. The molecule has 1 N–H and O–H groups in total. The summed E-state index contributed by atoms with van der Waals surface area (Å²) in [6.45, 7) is 5.99. The third-order valence-corrected chi connectivity index (χ3v) is 5.78. The van der Waals surface area contributed by atoms with Gasteiger partial charge in [-0.15, -0.1) is 0 Å². The Labute approximate surface area is 112 Å². The molecule has 0 aromatic heterocycles. The van der Waals surface area contributed by atoms with Gasteiger partial charge < -0.3 is 5.11 Å². The predicted molar refractivity (Wildman–Crippen MR) is 74.5 cm³/mol. The summed E-state index contributed by atoms with van der Waals surface area (Å²) in [7, 11) is 0. The van der Waals surface area contributed by atoms with Gasteiger partial charge >= 0.3 is 0 Å². The Bertz CT molecular complexity index is 301. The molecule has 0 aromatic carbocycles. The lowest BCUT2D eigenvalue weighted by molar-refractivity contribution is -0.0522. The van der Waals surface area contributed by atoms with Crippen LogP contribution in [-0.4, -0.2) is 34.7 Å². The van der Waals surface area contributed by atoms with Gasteiger partial charge in [-0.25, -0.2) is 0 Å². The Balaban J connectivity index is 1.75. The van der Waals surface area contributed by atoms with Crippen molar-refractivity contribution < 1.29 is 5.11 Å². The van der Waals surface area contributed by atoms with Gasteiger partial charge in [0.1, 0.15) is 0 Å². The third-order valence-electron chi connectivity index (χ3n) is 5.78. The topological polar surface area (TPSA) is 23.5 Å². The molecule has 1 aliphatic heterocycles. The first-order valence-electron chi connectivity index (χ1n) is 8.01. The zero-order chi connectivity index (χ0) is 12.8. The second kappa shape index (κ2) is 4.79. The molecule has 2 aliphatic carbocycles. The van der Waals surface area contributed by atoms with Crippen LogP contribution in [0, 0.1) is 11.3 Å². The van der Waals surface area contributed by atoms with Gasteiger partial charge in [0.15, 0.2) is 0 Å². The van der Waals surface area contributed by atoms with Crippen molar-refractivity contribution in [3.63, 3.8) is 0 Å². The van der Waals surface area contributed by atoms with E-state index in [-0.39, 0.29) is 6.10 Å².